The second-order valence-corrected chi connectivity index (χ2v) is 3.25. The molecule has 2 N–H and O–H groups in total. The van der Waals surface area contributed by atoms with Crippen LogP contribution in [0.3, 0.4) is 0 Å². The second kappa shape index (κ2) is 3.72. The van der Waals surface area contributed by atoms with Crippen LogP contribution in [-0.2, 0) is 4.79 Å². The normalized spacial score (nSPS) is 19.7. The molecule has 0 aromatic rings. The first-order chi connectivity index (χ1) is 5.20. The Morgan fingerprint density at radius 1 is 1.73 bits per heavy atom. The maximum atomic E-state index is 10.3. The van der Waals surface area contributed by atoms with Crippen LogP contribution in [0.1, 0.15) is 26.2 Å². The van der Waals surface area contributed by atoms with Gasteiger partial charge >= 0.3 is 5.97 Å². The van der Waals surface area contributed by atoms with E-state index in [0.717, 1.165) is 18.9 Å². The van der Waals surface area contributed by atoms with Gasteiger partial charge in [0.2, 0.25) is 0 Å². The third-order valence-corrected chi connectivity index (χ3v) is 2.07. The Morgan fingerprint density at radius 3 is 2.82 bits per heavy atom. The summed E-state index contributed by atoms with van der Waals surface area (Å²) in [4.78, 5) is 10.3. The summed E-state index contributed by atoms with van der Waals surface area (Å²) in [6, 6.07) is -0.395. The van der Waals surface area contributed by atoms with Crippen LogP contribution >= 0.6 is 0 Å². The molecule has 64 valence electrons. The standard InChI is InChI=1S/C8H15NO2/c1-6(8(10)11)9-5-4-7-2-3-7/h6-7,9H,2-5H2,1H3,(H,10,11)/t6-/m0/s1. The predicted molar refractivity (Wildman–Crippen MR) is 42.4 cm³/mol. The number of hydrogen-bond acceptors (Lipinski definition) is 2. The molecule has 1 fully saturated rings. The number of aliphatic carboxylic acids is 1. The van der Waals surface area contributed by atoms with E-state index in [0.29, 0.717) is 0 Å². The molecule has 0 aromatic heterocycles. The van der Waals surface area contributed by atoms with E-state index in [1.807, 2.05) is 0 Å². The maximum Gasteiger partial charge on any atom is 0.320 e. The van der Waals surface area contributed by atoms with Crippen molar-refractivity contribution in [3.63, 3.8) is 0 Å². The molecule has 1 aliphatic rings. The smallest absolute Gasteiger partial charge is 0.320 e. The molecule has 3 heteroatoms. The van der Waals surface area contributed by atoms with Gasteiger partial charge in [0.05, 0.1) is 0 Å². The van der Waals surface area contributed by atoms with Crippen LogP contribution in [-0.4, -0.2) is 23.7 Å². The Bertz CT molecular complexity index is 143. The highest BCUT2D eigenvalue weighted by Crippen LogP contribution is 2.31. The highest BCUT2D eigenvalue weighted by atomic mass is 16.4. The third kappa shape index (κ3) is 3.37. The third-order valence-electron chi connectivity index (χ3n) is 2.07. The van der Waals surface area contributed by atoms with Gasteiger partial charge in [-0.3, -0.25) is 4.79 Å². The molecule has 0 aliphatic heterocycles. The average Bonchev–Trinajstić information content (AvgIpc) is 2.71. The zero-order valence-electron chi connectivity index (χ0n) is 6.84. The fourth-order valence-electron chi connectivity index (χ4n) is 0.998. The lowest BCUT2D eigenvalue weighted by atomic mass is 10.2. The van der Waals surface area contributed by atoms with Gasteiger partial charge in [0.25, 0.3) is 0 Å². The van der Waals surface area contributed by atoms with Gasteiger partial charge in [0.15, 0.2) is 0 Å². The van der Waals surface area contributed by atoms with Gasteiger partial charge in [-0.2, -0.15) is 0 Å². The summed E-state index contributed by atoms with van der Waals surface area (Å²) >= 11 is 0. The van der Waals surface area contributed by atoms with Crippen molar-refractivity contribution in [1.29, 1.82) is 0 Å². The molecule has 0 bridgehead atoms. The maximum absolute atomic E-state index is 10.3. The van der Waals surface area contributed by atoms with Crippen molar-refractivity contribution >= 4 is 5.97 Å². The largest absolute Gasteiger partial charge is 0.480 e. The quantitative estimate of drug-likeness (QED) is 0.622. The van der Waals surface area contributed by atoms with Gasteiger partial charge in [0, 0.05) is 0 Å². The topological polar surface area (TPSA) is 49.3 Å². The number of carboxylic acids is 1. The fourth-order valence-corrected chi connectivity index (χ4v) is 0.998. The highest BCUT2D eigenvalue weighted by Gasteiger charge is 2.20. The first-order valence-corrected chi connectivity index (χ1v) is 4.16. The molecule has 0 heterocycles. The minimum atomic E-state index is -0.763. The monoisotopic (exact) mass is 157 g/mol. The minimum Gasteiger partial charge on any atom is -0.480 e. The van der Waals surface area contributed by atoms with Gasteiger partial charge in [-0.05, 0) is 25.8 Å². The van der Waals surface area contributed by atoms with E-state index < -0.39 is 12.0 Å². The number of hydrogen-bond donors (Lipinski definition) is 2. The first-order valence-electron chi connectivity index (χ1n) is 4.16. The van der Waals surface area contributed by atoms with Crippen LogP contribution in [0.15, 0.2) is 0 Å². The van der Waals surface area contributed by atoms with E-state index in [1.54, 1.807) is 6.92 Å². The van der Waals surface area contributed by atoms with Crippen molar-refractivity contribution < 1.29 is 9.90 Å². The minimum absolute atomic E-state index is 0.395. The van der Waals surface area contributed by atoms with Crippen LogP contribution in [0.4, 0.5) is 0 Å². The van der Waals surface area contributed by atoms with Crippen molar-refractivity contribution in [1.82, 2.24) is 5.32 Å². The van der Waals surface area contributed by atoms with E-state index in [1.165, 1.54) is 12.8 Å². The summed E-state index contributed by atoms with van der Waals surface area (Å²) in [5, 5.41) is 11.5. The van der Waals surface area contributed by atoms with Crippen LogP contribution in [0.25, 0.3) is 0 Å². The van der Waals surface area contributed by atoms with Crippen LogP contribution < -0.4 is 5.32 Å². The number of carboxylic acid groups (broad SMARTS) is 1. The molecule has 0 unspecified atom stereocenters. The van der Waals surface area contributed by atoms with E-state index in [9.17, 15) is 4.79 Å². The summed E-state index contributed by atoms with van der Waals surface area (Å²) in [6.07, 6.45) is 3.81. The molecular weight excluding hydrogens is 142 g/mol. The Hall–Kier alpha value is -0.570. The van der Waals surface area contributed by atoms with Gasteiger partial charge in [-0.1, -0.05) is 12.8 Å². The summed E-state index contributed by atoms with van der Waals surface area (Å²) in [7, 11) is 0. The summed E-state index contributed by atoms with van der Waals surface area (Å²) in [5.74, 6) is 0.115. The number of rotatable bonds is 5. The van der Waals surface area contributed by atoms with Gasteiger partial charge in [0.1, 0.15) is 6.04 Å². The zero-order valence-corrected chi connectivity index (χ0v) is 6.84. The molecule has 0 saturated heterocycles. The van der Waals surface area contributed by atoms with Gasteiger partial charge in [-0.25, -0.2) is 0 Å². The summed E-state index contributed by atoms with van der Waals surface area (Å²) in [6.45, 7) is 2.52. The van der Waals surface area contributed by atoms with Crippen LogP contribution in [0, 0.1) is 5.92 Å². The molecule has 1 aliphatic carbocycles. The number of carbonyl (C=O) groups is 1. The molecule has 11 heavy (non-hydrogen) atoms. The molecule has 1 rings (SSSR count). The lowest BCUT2D eigenvalue weighted by Gasteiger charge is -2.07. The first kappa shape index (κ1) is 8.53. The Kier molecular flexibility index (Phi) is 2.88. The van der Waals surface area contributed by atoms with Crippen molar-refractivity contribution in [2.45, 2.75) is 32.2 Å². The van der Waals surface area contributed by atoms with Crippen molar-refractivity contribution in [2.24, 2.45) is 5.92 Å². The fraction of sp³-hybridized carbons (Fsp3) is 0.875. The number of nitrogens with one attached hydrogen (secondary N) is 1. The van der Waals surface area contributed by atoms with E-state index in [4.69, 9.17) is 5.11 Å². The lowest BCUT2D eigenvalue weighted by molar-refractivity contribution is -0.138. The second-order valence-electron chi connectivity index (χ2n) is 3.25. The van der Waals surface area contributed by atoms with Gasteiger partial charge in [-0.15, -0.1) is 0 Å². The predicted octanol–water partition coefficient (Wildman–Crippen LogP) is 0.849. The highest BCUT2D eigenvalue weighted by molar-refractivity contribution is 5.72. The molecule has 1 saturated carbocycles. The molecule has 0 amide bonds. The Labute approximate surface area is 66.8 Å². The van der Waals surface area contributed by atoms with Gasteiger partial charge < -0.3 is 10.4 Å². The van der Waals surface area contributed by atoms with Crippen molar-refractivity contribution in [3.05, 3.63) is 0 Å². The average molecular weight is 157 g/mol. The van der Waals surface area contributed by atoms with E-state index >= 15 is 0 Å². The Balaban J connectivity index is 1.96. The molecule has 0 radical (unpaired) electrons. The SMILES string of the molecule is C[C@H](NCCC1CC1)C(=O)O. The summed E-state index contributed by atoms with van der Waals surface area (Å²) < 4.78 is 0. The van der Waals surface area contributed by atoms with E-state index in [-0.39, 0.29) is 0 Å². The molecular formula is C8H15NO2. The molecule has 1 atom stereocenters. The van der Waals surface area contributed by atoms with Crippen LogP contribution in [0.5, 0.6) is 0 Å². The Morgan fingerprint density at radius 2 is 2.36 bits per heavy atom. The van der Waals surface area contributed by atoms with Crippen molar-refractivity contribution in [2.75, 3.05) is 6.54 Å². The van der Waals surface area contributed by atoms with E-state index in [2.05, 4.69) is 5.32 Å². The molecule has 0 spiro atoms. The summed E-state index contributed by atoms with van der Waals surface area (Å²) in [5.41, 5.74) is 0. The molecule has 0 aromatic carbocycles. The van der Waals surface area contributed by atoms with Crippen molar-refractivity contribution in [3.8, 4) is 0 Å². The zero-order chi connectivity index (χ0) is 8.27. The lowest BCUT2D eigenvalue weighted by Crippen LogP contribution is -2.34. The molecule has 3 nitrogen and oxygen atoms in total. The van der Waals surface area contributed by atoms with Crippen LogP contribution in [0.2, 0.25) is 0 Å².